The third-order valence-electron chi connectivity index (χ3n) is 2.80. The van der Waals surface area contributed by atoms with Crippen molar-refractivity contribution >= 4 is 21.9 Å². The molecule has 21 heavy (non-hydrogen) atoms. The van der Waals surface area contributed by atoms with E-state index in [0.29, 0.717) is 18.0 Å². The number of hydrogen-bond donors (Lipinski definition) is 0. The average Bonchev–Trinajstić information content (AvgIpc) is 2.78. The molecule has 1 saturated heterocycles. The van der Waals surface area contributed by atoms with E-state index in [1.54, 1.807) is 24.3 Å². The van der Waals surface area contributed by atoms with Gasteiger partial charge in [-0.25, -0.2) is 4.79 Å². The van der Waals surface area contributed by atoms with E-state index in [-0.39, 0.29) is 13.2 Å². The van der Waals surface area contributed by atoms with Crippen LogP contribution in [0.5, 0.6) is 5.75 Å². The average molecular weight is 315 g/mol. The van der Waals surface area contributed by atoms with Gasteiger partial charge in [-0.05, 0) is 31.2 Å². The summed E-state index contributed by atoms with van der Waals surface area (Å²) in [6, 6.07) is 7.00. The van der Waals surface area contributed by atoms with Gasteiger partial charge >= 0.3 is 6.09 Å². The van der Waals surface area contributed by atoms with Crippen molar-refractivity contribution in [1.29, 1.82) is 0 Å². The number of amides is 1. The topological polar surface area (TPSA) is 82.1 Å². The molecule has 2 rings (SSSR count). The second-order valence-electron chi connectivity index (χ2n) is 4.53. The van der Waals surface area contributed by atoms with Gasteiger partial charge in [0, 0.05) is 5.69 Å². The molecule has 1 aromatic carbocycles. The predicted octanol–water partition coefficient (Wildman–Crippen LogP) is 1.39. The monoisotopic (exact) mass is 315 g/mol. The second-order valence-corrected chi connectivity index (χ2v) is 6.18. The number of cyclic esters (lactones) is 1. The van der Waals surface area contributed by atoms with Crippen LogP contribution in [0, 0.1) is 0 Å². The molecule has 1 fully saturated rings. The molecule has 0 aromatic heterocycles. The van der Waals surface area contributed by atoms with Crippen LogP contribution in [0.1, 0.15) is 6.92 Å². The molecular formula is C13H17NO6S. The highest BCUT2D eigenvalue weighted by molar-refractivity contribution is 7.85. The van der Waals surface area contributed by atoms with Gasteiger partial charge < -0.3 is 9.47 Å². The fourth-order valence-electron chi connectivity index (χ4n) is 1.91. The Morgan fingerprint density at radius 1 is 1.33 bits per heavy atom. The van der Waals surface area contributed by atoms with E-state index < -0.39 is 22.3 Å². The van der Waals surface area contributed by atoms with E-state index in [1.165, 1.54) is 4.90 Å². The number of benzene rings is 1. The molecule has 1 unspecified atom stereocenters. The Morgan fingerprint density at radius 3 is 2.57 bits per heavy atom. The van der Waals surface area contributed by atoms with Crippen molar-refractivity contribution in [3.63, 3.8) is 0 Å². The van der Waals surface area contributed by atoms with Crippen LogP contribution in [0.2, 0.25) is 0 Å². The van der Waals surface area contributed by atoms with Crippen molar-refractivity contribution in [3.05, 3.63) is 24.3 Å². The van der Waals surface area contributed by atoms with E-state index in [1.807, 2.05) is 6.92 Å². The lowest BCUT2D eigenvalue weighted by Gasteiger charge is -2.13. The summed E-state index contributed by atoms with van der Waals surface area (Å²) in [7, 11) is -3.55. The maximum Gasteiger partial charge on any atom is 0.414 e. The third-order valence-corrected chi connectivity index (χ3v) is 3.37. The smallest absolute Gasteiger partial charge is 0.414 e. The summed E-state index contributed by atoms with van der Waals surface area (Å²) in [6.07, 6.45) is -0.186. The van der Waals surface area contributed by atoms with Gasteiger partial charge in [0.1, 0.15) is 18.5 Å². The highest BCUT2D eigenvalue weighted by atomic mass is 32.2. The van der Waals surface area contributed by atoms with Crippen molar-refractivity contribution < 1.29 is 26.9 Å². The first-order valence-electron chi connectivity index (χ1n) is 6.44. The Bertz CT molecular complexity index is 598. The van der Waals surface area contributed by atoms with E-state index in [4.69, 9.17) is 9.47 Å². The minimum absolute atomic E-state index is 0.182. The zero-order valence-corrected chi connectivity index (χ0v) is 12.6. The minimum Gasteiger partial charge on any atom is -0.494 e. The maximum atomic E-state index is 11.8. The van der Waals surface area contributed by atoms with Crippen molar-refractivity contribution in [2.75, 3.05) is 30.9 Å². The standard InChI is InChI=1S/C13H17NO6S/c1-3-18-11-6-4-10(5-7-11)14-8-12(20-13(14)15)9-19-21(2,16)17/h4-7,12H,3,8-9H2,1-2H3. The molecule has 1 aliphatic heterocycles. The molecule has 0 spiro atoms. The van der Waals surface area contributed by atoms with Crippen LogP contribution < -0.4 is 9.64 Å². The molecule has 0 bridgehead atoms. The van der Waals surface area contributed by atoms with Crippen molar-refractivity contribution in [2.24, 2.45) is 0 Å². The number of carbonyl (C=O) groups is 1. The molecule has 8 heteroatoms. The predicted molar refractivity (Wildman–Crippen MR) is 76.0 cm³/mol. The highest BCUT2D eigenvalue weighted by Gasteiger charge is 2.33. The number of rotatable bonds is 6. The highest BCUT2D eigenvalue weighted by Crippen LogP contribution is 2.24. The van der Waals surface area contributed by atoms with Crippen LogP contribution in [-0.2, 0) is 19.0 Å². The molecule has 0 radical (unpaired) electrons. The lowest BCUT2D eigenvalue weighted by atomic mass is 10.2. The summed E-state index contributed by atoms with van der Waals surface area (Å²) in [6.45, 7) is 2.51. The van der Waals surface area contributed by atoms with Crippen LogP contribution in [0.4, 0.5) is 10.5 Å². The summed E-state index contributed by atoms with van der Waals surface area (Å²) >= 11 is 0. The zero-order chi connectivity index (χ0) is 15.5. The molecule has 1 aromatic rings. The van der Waals surface area contributed by atoms with Crippen LogP contribution in [0.25, 0.3) is 0 Å². The molecule has 0 saturated carbocycles. The van der Waals surface area contributed by atoms with Gasteiger partial charge in [-0.2, -0.15) is 8.42 Å². The van der Waals surface area contributed by atoms with Crippen LogP contribution in [0.15, 0.2) is 24.3 Å². The maximum absolute atomic E-state index is 11.8. The Balaban J connectivity index is 1.99. The summed E-state index contributed by atoms with van der Waals surface area (Å²) < 4.78 is 36.9. The van der Waals surface area contributed by atoms with Gasteiger partial charge in [0.05, 0.1) is 19.4 Å². The van der Waals surface area contributed by atoms with Gasteiger partial charge in [-0.15, -0.1) is 0 Å². The Hall–Kier alpha value is -1.80. The summed E-state index contributed by atoms with van der Waals surface area (Å²) in [5.41, 5.74) is 0.658. The third kappa shape index (κ3) is 4.33. The van der Waals surface area contributed by atoms with Crippen molar-refractivity contribution in [3.8, 4) is 5.75 Å². The van der Waals surface area contributed by atoms with Crippen molar-refractivity contribution in [2.45, 2.75) is 13.0 Å². The van der Waals surface area contributed by atoms with Crippen molar-refractivity contribution in [1.82, 2.24) is 0 Å². The largest absolute Gasteiger partial charge is 0.494 e. The molecule has 1 aliphatic rings. The fraction of sp³-hybridized carbons (Fsp3) is 0.462. The van der Waals surface area contributed by atoms with Gasteiger partial charge in [0.15, 0.2) is 0 Å². The van der Waals surface area contributed by atoms with Gasteiger partial charge in [0.25, 0.3) is 10.1 Å². The van der Waals surface area contributed by atoms with Gasteiger partial charge in [-0.1, -0.05) is 0 Å². The quantitative estimate of drug-likeness (QED) is 0.738. The molecule has 0 aliphatic carbocycles. The molecule has 1 atom stereocenters. The number of hydrogen-bond acceptors (Lipinski definition) is 6. The Kier molecular flexibility index (Phi) is 4.69. The minimum atomic E-state index is -3.55. The summed E-state index contributed by atoms with van der Waals surface area (Å²) in [5, 5.41) is 0. The molecule has 7 nitrogen and oxygen atoms in total. The zero-order valence-electron chi connectivity index (χ0n) is 11.8. The number of carbonyl (C=O) groups excluding carboxylic acids is 1. The number of nitrogens with zero attached hydrogens (tertiary/aromatic N) is 1. The fourth-order valence-corrected chi connectivity index (χ4v) is 2.31. The lowest BCUT2D eigenvalue weighted by molar-refractivity contribution is 0.107. The van der Waals surface area contributed by atoms with E-state index in [9.17, 15) is 13.2 Å². The number of ether oxygens (including phenoxy) is 2. The normalized spacial score (nSPS) is 18.7. The number of anilines is 1. The Morgan fingerprint density at radius 2 is 2.00 bits per heavy atom. The first kappa shape index (κ1) is 15.6. The molecule has 0 N–H and O–H groups in total. The van der Waals surface area contributed by atoms with Crippen LogP contribution in [-0.4, -0.2) is 46.6 Å². The second kappa shape index (κ2) is 6.31. The van der Waals surface area contributed by atoms with E-state index >= 15 is 0 Å². The van der Waals surface area contributed by atoms with Crippen LogP contribution >= 0.6 is 0 Å². The van der Waals surface area contributed by atoms with Gasteiger partial charge in [0.2, 0.25) is 0 Å². The molecular weight excluding hydrogens is 298 g/mol. The summed E-state index contributed by atoms with van der Waals surface area (Å²) in [5.74, 6) is 0.714. The van der Waals surface area contributed by atoms with E-state index in [0.717, 1.165) is 6.26 Å². The SMILES string of the molecule is CCOc1ccc(N2CC(COS(C)(=O)=O)OC2=O)cc1. The molecule has 116 valence electrons. The van der Waals surface area contributed by atoms with E-state index in [2.05, 4.69) is 4.18 Å². The van der Waals surface area contributed by atoms with Gasteiger partial charge in [-0.3, -0.25) is 9.08 Å². The molecule has 1 amide bonds. The van der Waals surface area contributed by atoms with Crippen LogP contribution in [0.3, 0.4) is 0 Å². The molecule has 1 heterocycles. The first-order valence-corrected chi connectivity index (χ1v) is 8.26. The first-order chi connectivity index (χ1) is 9.89. The summed E-state index contributed by atoms with van der Waals surface area (Å²) in [4.78, 5) is 13.2. The Labute approximate surface area is 123 Å². The lowest BCUT2D eigenvalue weighted by Crippen LogP contribution is -2.26.